The van der Waals surface area contributed by atoms with Gasteiger partial charge in [0.15, 0.2) is 5.82 Å². The van der Waals surface area contributed by atoms with Gasteiger partial charge in [-0.1, -0.05) is 25.1 Å². The first-order valence-electron chi connectivity index (χ1n) is 7.34. The lowest BCUT2D eigenvalue weighted by molar-refractivity contribution is 0.0552. The summed E-state index contributed by atoms with van der Waals surface area (Å²) in [4.78, 5) is 0. The van der Waals surface area contributed by atoms with Crippen LogP contribution < -0.4 is 0 Å². The maximum Gasteiger partial charge on any atom is 0.152 e. The van der Waals surface area contributed by atoms with Crippen molar-refractivity contribution in [3.8, 4) is 5.69 Å². The topological polar surface area (TPSA) is 39.9 Å². The molecule has 0 amide bonds. The molecule has 0 saturated carbocycles. The third-order valence-corrected chi connectivity index (χ3v) is 4.67. The normalized spacial score (nSPS) is 29.0. The third kappa shape index (κ3) is 2.47. The molecular formula is C16H20ClN3O. The Bertz CT molecular complexity index is 613. The van der Waals surface area contributed by atoms with E-state index in [0.29, 0.717) is 11.8 Å². The summed E-state index contributed by atoms with van der Waals surface area (Å²) < 4.78 is 8.04. The van der Waals surface area contributed by atoms with Crippen LogP contribution in [0.5, 0.6) is 0 Å². The maximum absolute atomic E-state index is 6.05. The number of ether oxygens (including phenoxy) is 1. The zero-order valence-electron chi connectivity index (χ0n) is 12.5. The van der Waals surface area contributed by atoms with Crippen LogP contribution >= 0.6 is 11.6 Å². The van der Waals surface area contributed by atoms with Gasteiger partial charge in [-0.3, -0.25) is 4.57 Å². The first-order chi connectivity index (χ1) is 10.1. The SMILES string of the molecule is CC1OC(C)C(c2nnc(CCl)n2-c2ccccc2)C1C. The lowest BCUT2D eigenvalue weighted by Gasteiger charge is -2.19. The zero-order chi connectivity index (χ0) is 15.0. The van der Waals surface area contributed by atoms with E-state index < -0.39 is 0 Å². The molecule has 0 aliphatic carbocycles. The minimum absolute atomic E-state index is 0.129. The van der Waals surface area contributed by atoms with Crippen LogP contribution in [0.25, 0.3) is 5.69 Å². The van der Waals surface area contributed by atoms with Gasteiger partial charge in [0.2, 0.25) is 0 Å². The predicted octanol–water partition coefficient (Wildman–Crippen LogP) is 3.53. The summed E-state index contributed by atoms with van der Waals surface area (Å²) in [5.74, 6) is 2.69. The average molecular weight is 306 g/mol. The Hall–Kier alpha value is -1.39. The highest BCUT2D eigenvalue weighted by atomic mass is 35.5. The first kappa shape index (κ1) is 14.5. The summed E-state index contributed by atoms with van der Waals surface area (Å²) in [7, 11) is 0. The fourth-order valence-electron chi connectivity index (χ4n) is 3.20. The molecule has 1 saturated heterocycles. The molecule has 5 heteroatoms. The van der Waals surface area contributed by atoms with Gasteiger partial charge in [0, 0.05) is 5.69 Å². The van der Waals surface area contributed by atoms with Gasteiger partial charge in [-0.05, 0) is 31.9 Å². The quantitative estimate of drug-likeness (QED) is 0.814. The molecule has 1 aliphatic heterocycles. The maximum atomic E-state index is 6.05. The van der Waals surface area contributed by atoms with E-state index >= 15 is 0 Å². The van der Waals surface area contributed by atoms with Crippen molar-refractivity contribution in [3.05, 3.63) is 42.0 Å². The van der Waals surface area contributed by atoms with E-state index in [1.165, 1.54) is 0 Å². The van der Waals surface area contributed by atoms with Crippen LogP contribution in [0, 0.1) is 5.92 Å². The van der Waals surface area contributed by atoms with Gasteiger partial charge in [0.25, 0.3) is 0 Å². The highest BCUT2D eigenvalue weighted by Crippen LogP contribution is 2.39. The second kappa shape index (κ2) is 5.78. The van der Waals surface area contributed by atoms with Gasteiger partial charge in [-0.2, -0.15) is 0 Å². The van der Waals surface area contributed by atoms with Gasteiger partial charge in [0.1, 0.15) is 5.82 Å². The summed E-state index contributed by atoms with van der Waals surface area (Å²) in [6, 6.07) is 10.1. The summed E-state index contributed by atoms with van der Waals surface area (Å²) in [6.07, 6.45) is 0.357. The van der Waals surface area contributed by atoms with Crippen molar-refractivity contribution in [3.63, 3.8) is 0 Å². The second-order valence-corrected chi connectivity index (χ2v) is 5.98. The highest BCUT2D eigenvalue weighted by Gasteiger charge is 2.41. The van der Waals surface area contributed by atoms with Crippen LogP contribution in [0.1, 0.15) is 38.3 Å². The van der Waals surface area contributed by atoms with Crippen molar-refractivity contribution in [2.75, 3.05) is 0 Å². The van der Waals surface area contributed by atoms with Crippen molar-refractivity contribution in [2.45, 2.75) is 44.8 Å². The van der Waals surface area contributed by atoms with Crippen molar-refractivity contribution in [1.82, 2.24) is 14.8 Å². The summed E-state index contributed by atoms with van der Waals surface area (Å²) in [6.45, 7) is 6.44. The van der Waals surface area contributed by atoms with Crippen LogP contribution in [-0.2, 0) is 10.6 Å². The number of alkyl halides is 1. The Balaban J connectivity index is 2.10. The van der Waals surface area contributed by atoms with E-state index in [2.05, 4.69) is 47.7 Å². The molecular weight excluding hydrogens is 286 g/mol. The largest absolute Gasteiger partial charge is 0.374 e. The molecule has 1 aromatic heterocycles. The Labute approximate surface area is 130 Å². The molecule has 0 radical (unpaired) electrons. The number of aromatic nitrogens is 3. The summed E-state index contributed by atoms with van der Waals surface area (Å²) >= 11 is 6.05. The van der Waals surface area contributed by atoms with E-state index in [1.54, 1.807) is 0 Å². The minimum Gasteiger partial charge on any atom is -0.374 e. The number of hydrogen-bond acceptors (Lipinski definition) is 3. The number of nitrogens with zero attached hydrogens (tertiary/aromatic N) is 3. The van der Waals surface area contributed by atoms with Crippen molar-refractivity contribution >= 4 is 11.6 Å². The van der Waals surface area contributed by atoms with E-state index in [0.717, 1.165) is 17.3 Å². The van der Waals surface area contributed by atoms with Gasteiger partial charge in [-0.15, -0.1) is 21.8 Å². The third-order valence-electron chi connectivity index (χ3n) is 4.43. The van der Waals surface area contributed by atoms with Gasteiger partial charge in [0.05, 0.1) is 24.0 Å². The fraction of sp³-hybridized carbons (Fsp3) is 0.500. The molecule has 3 rings (SSSR count). The van der Waals surface area contributed by atoms with Crippen molar-refractivity contribution in [2.24, 2.45) is 5.92 Å². The van der Waals surface area contributed by atoms with Gasteiger partial charge >= 0.3 is 0 Å². The number of halogens is 1. The van der Waals surface area contributed by atoms with Crippen LogP contribution in [-0.4, -0.2) is 27.0 Å². The fourth-order valence-corrected chi connectivity index (χ4v) is 3.38. The molecule has 21 heavy (non-hydrogen) atoms. The lowest BCUT2D eigenvalue weighted by atomic mass is 9.88. The van der Waals surface area contributed by atoms with Gasteiger partial charge in [-0.25, -0.2) is 0 Å². The monoisotopic (exact) mass is 305 g/mol. The second-order valence-electron chi connectivity index (χ2n) is 5.71. The molecule has 2 aromatic rings. The Morgan fingerprint density at radius 3 is 2.38 bits per heavy atom. The van der Waals surface area contributed by atoms with Crippen LogP contribution in [0.2, 0.25) is 0 Å². The van der Waals surface area contributed by atoms with Crippen molar-refractivity contribution < 1.29 is 4.74 Å². The Morgan fingerprint density at radius 1 is 1.10 bits per heavy atom. The number of benzene rings is 1. The van der Waals surface area contributed by atoms with Crippen LogP contribution in [0.3, 0.4) is 0 Å². The molecule has 1 aromatic carbocycles. The molecule has 4 atom stereocenters. The first-order valence-corrected chi connectivity index (χ1v) is 7.88. The molecule has 4 unspecified atom stereocenters. The average Bonchev–Trinajstić information content (AvgIpc) is 3.01. The lowest BCUT2D eigenvalue weighted by Crippen LogP contribution is -2.20. The van der Waals surface area contributed by atoms with Crippen LogP contribution in [0.4, 0.5) is 0 Å². The Morgan fingerprint density at radius 2 is 1.81 bits per heavy atom. The predicted molar refractivity (Wildman–Crippen MR) is 82.8 cm³/mol. The number of para-hydroxylation sites is 1. The summed E-state index contributed by atoms with van der Waals surface area (Å²) in [5, 5.41) is 8.70. The summed E-state index contributed by atoms with van der Waals surface area (Å²) in [5.41, 5.74) is 1.05. The molecule has 0 spiro atoms. The van der Waals surface area contributed by atoms with E-state index in [-0.39, 0.29) is 18.1 Å². The van der Waals surface area contributed by atoms with Crippen molar-refractivity contribution in [1.29, 1.82) is 0 Å². The molecule has 0 bridgehead atoms. The Kier molecular flexibility index (Phi) is 4.00. The number of hydrogen-bond donors (Lipinski definition) is 0. The molecule has 0 N–H and O–H groups in total. The number of rotatable bonds is 3. The zero-order valence-corrected chi connectivity index (χ0v) is 13.3. The van der Waals surface area contributed by atoms with E-state index in [9.17, 15) is 0 Å². The minimum atomic E-state index is 0.129. The standard InChI is InChI=1S/C16H20ClN3O/c1-10-11(2)21-12(3)15(10)16-19-18-14(9-17)20(16)13-7-5-4-6-8-13/h4-8,10-12,15H,9H2,1-3H3. The molecule has 1 aliphatic rings. The van der Waals surface area contributed by atoms with Crippen LogP contribution in [0.15, 0.2) is 30.3 Å². The molecule has 1 fully saturated rings. The molecule has 2 heterocycles. The smallest absolute Gasteiger partial charge is 0.152 e. The van der Waals surface area contributed by atoms with Gasteiger partial charge < -0.3 is 4.74 Å². The molecule has 112 valence electrons. The van der Waals surface area contributed by atoms with E-state index in [4.69, 9.17) is 16.3 Å². The van der Waals surface area contributed by atoms with E-state index in [1.807, 2.05) is 18.2 Å². The highest BCUT2D eigenvalue weighted by molar-refractivity contribution is 6.16. The molecule has 4 nitrogen and oxygen atoms in total.